The summed E-state index contributed by atoms with van der Waals surface area (Å²) in [7, 11) is 3.52. The first-order valence-electron chi connectivity index (χ1n) is 6.84. The van der Waals surface area contributed by atoms with Gasteiger partial charge in [-0.1, -0.05) is 0 Å². The van der Waals surface area contributed by atoms with Gasteiger partial charge in [-0.15, -0.1) is 0 Å². The number of nitrogens with zero attached hydrogens (tertiary/aromatic N) is 1. The number of rotatable bonds is 8. The number of aryl methyl sites for hydroxylation is 2. The molecule has 2 atom stereocenters. The summed E-state index contributed by atoms with van der Waals surface area (Å²) >= 11 is 0. The first kappa shape index (κ1) is 16.5. The van der Waals surface area contributed by atoms with Crippen LogP contribution >= 0.6 is 0 Å². The molecule has 0 radical (unpaired) electrons. The van der Waals surface area contributed by atoms with Gasteiger partial charge in [0.2, 0.25) is 0 Å². The van der Waals surface area contributed by atoms with Crippen LogP contribution in [0.25, 0.3) is 0 Å². The van der Waals surface area contributed by atoms with E-state index in [2.05, 4.69) is 21.3 Å². The van der Waals surface area contributed by atoms with Crippen molar-refractivity contribution in [1.82, 2.24) is 15.2 Å². The van der Waals surface area contributed by atoms with Crippen LogP contribution in [-0.2, 0) is 18.2 Å². The van der Waals surface area contributed by atoms with E-state index in [4.69, 9.17) is 4.74 Å². The van der Waals surface area contributed by atoms with Crippen LogP contribution in [0.3, 0.4) is 0 Å². The lowest BCUT2D eigenvalue weighted by Crippen LogP contribution is -2.44. The molecule has 2 amide bonds. The smallest absolute Gasteiger partial charge is 0.315 e. The van der Waals surface area contributed by atoms with Gasteiger partial charge in [0.05, 0.1) is 12.7 Å². The standard InChI is InChI=1S/C14H25N3O3/c1-11(6-7-12-5-4-8-17(12)2)16-14(19)15-9-13(18)10-20-3/h4-5,8,11,13,18H,6-7,9-10H2,1-3H3,(H2,15,16,19). The van der Waals surface area contributed by atoms with Crippen molar-refractivity contribution in [1.29, 1.82) is 0 Å². The monoisotopic (exact) mass is 283 g/mol. The van der Waals surface area contributed by atoms with E-state index >= 15 is 0 Å². The van der Waals surface area contributed by atoms with Crippen molar-refractivity contribution in [2.24, 2.45) is 7.05 Å². The lowest BCUT2D eigenvalue weighted by Gasteiger charge is -2.16. The third-order valence-corrected chi connectivity index (χ3v) is 3.12. The normalized spacial score (nSPS) is 13.8. The SMILES string of the molecule is COCC(O)CNC(=O)NC(C)CCc1cccn1C. The molecule has 1 aromatic rings. The van der Waals surface area contributed by atoms with Crippen molar-refractivity contribution in [3.05, 3.63) is 24.0 Å². The van der Waals surface area contributed by atoms with E-state index in [0.717, 1.165) is 12.8 Å². The number of hydrogen-bond acceptors (Lipinski definition) is 3. The fourth-order valence-corrected chi connectivity index (χ4v) is 1.93. The van der Waals surface area contributed by atoms with E-state index in [-0.39, 0.29) is 25.2 Å². The van der Waals surface area contributed by atoms with Gasteiger partial charge < -0.3 is 25.0 Å². The van der Waals surface area contributed by atoms with Gasteiger partial charge in [-0.3, -0.25) is 0 Å². The summed E-state index contributed by atoms with van der Waals surface area (Å²) in [5.41, 5.74) is 1.24. The van der Waals surface area contributed by atoms with Gasteiger partial charge in [0, 0.05) is 38.6 Å². The van der Waals surface area contributed by atoms with Crippen LogP contribution < -0.4 is 10.6 Å². The maximum Gasteiger partial charge on any atom is 0.315 e. The molecule has 6 heteroatoms. The highest BCUT2D eigenvalue weighted by molar-refractivity contribution is 5.74. The molecule has 0 aromatic carbocycles. The zero-order valence-electron chi connectivity index (χ0n) is 12.4. The van der Waals surface area contributed by atoms with Crippen molar-refractivity contribution in [2.75, 3.05) is 20.3 Å². The van der Waals surface area contributed by atoms with Gasteiger partial charge in [-0.25, -0.2) is 4.79 Å². The third-order valence-electron chi connectivity index (χ3n) is 3.12. The van der Waals surface area contributed by atoms with Crippen LogP contribution in [0.5, 0.6) is 0 Å². The topological polar surface area (TPSA) is 75.5 Å². The Morgan fingerprint density at radius 2 is 2.30 bits per heavy atom. The second-order valence-electron chi connectivity index (χ2n) is 5.01. The largest absolute Gasteiger partial charge is 0.389 e. The summed E-state index contributed by atoms with van der Waals surface area (Å²) in [4.78, 5) is 11.6. The Morgan fingerprint density at radius 3 is 2.90 bits per heavy atom. The van der Waals surface area contributed by atoms with Crippen LogP contribution in [0.15, 0.2) is 18.3 Å². The zero-order chi connectivity index (χ0) is 15.0. The predicted octanol–water partition coefficient (Wildman–Crippen LogP) is 0.653. The van der Waals surface area contributed by atoms with Crippen molar-refractivity contribution in [3.8, 4) is 0 Å². The number of hydrogen-bond donors (Lipinski definition) is 3. The van der Waals surface area contributed by atoms with E-state index < -0.39 is 6.10 Å². The molecule has 0 spiro atoms. The number of carbonyl (C=O) groups is 1. The minimum atomic E-state index is -0.676. The minimum absolute atomic E-state index is 0.0736. The van der Waals surface area contributed by atoms with Gasteiger partial charge in [0.15, 0.2) is 0 Å². The summed E-state index contributed by atoms with van der Waals surface area (Å²) in [5, 5.41) is 14.9. The number of urea groups is 1. The number of ether oxygens (including phenoxy) is 1. The van der Waals surface area contributed by atoms with E-state index in [0.29, 0.717) is 0 Å². The fraction of sp³-hybridized carbons (Fsp3) is 0.643. The summed E-state index contributed by atoms with van der Waals surface area (Å²) in [6.07, 6.45) is 3.12. The lowest BCUT2D eigenvalue weighted by molar-refractivity contribution is 0.0659. The van der Waals surface area contributed by atoms with Crippen molar-refractivity contribution in [2.45, 2.75) is 31.9 Å². The average molecular weight is 283 g/mol. The summed E-state index contributed by atoms with van der Waals surface area (Å²) in [6, 6.07) is 3.90. The van der Waals surface area contributed by atoms with Gasteiger partial charge in [-0.2, -0.15) is 0 Å². The molecule has 0 fully saturated rings. The highest BCUT2D eigenvalue weighted by Gasteiger charge is 2.10. The number of methoxy groups -OCH3 is 1. The molecular formula is C14H25N3O3. The summed E-state index contributed by atoms with van der Waals surface area (Å²) in [6.45, 7) is 2.36. The molecule has 3 N–H and O–H groups in total. The Bertz CT molecular complexity index is 406. The molecule has 6 nitrogen and oxygen atoms in total. The van der Waals surface area contributed by atoms with E-state index in [1.807, 2.05) is 26.2 Å². The minimum Gasteiger partial charge on any atom is -0.389 e. The van der Waals surface area contributed by atoms with Crippen LogP contribution in [0.4, 0.5) is 4.79 Å². The molecule has 0 aliphatic carbocycles. The predicted molar refractivity (Wildman–Crippen MR) is 77.6 cm³/mol. The number of aromatic nitrogens is 1. The molecule has 1 rings (SSSR count). The second kappa shape index (κ2) is 8.60. The quantitative estimate of drug-likeness (QED) is 0.656. The van der Waals surface area contributed by atoms with Crippen molar-refractivity contribution >= 4 is 6.03 Å². The molecule has 1 heterocycles. The number of nitrogens with one attached hydrogen (secondary N) is 2. The average Bonchev–Trinajstić information content (AvgIpc) is 2.80. The number of carbonyl (C=O) groups excluding carboxylic acids is 1. The Kier molecular flexibility index (Phi) is 7.11. The van der Waals surface area contributed by atoms with E-state index in [1.54, 1.807) is 0 Å². The second-order valence-corrected chi connectivity index (χ2v) is 5.01. The van der Waals surface area contributed by atoms with Crippen molar-refractivity contribution in [3.63, 3.8) is 0 Å². The maximum atomic E-state index is 11.6. The maximum absolute atomic E-state index is 11.6. The Hall–Kier alpha value is -1.53. The lowest BCUT2D eigenvalue weighted by atomic mass is 10.1. The Labute approximate surface area is 120 Å². The van der Waals surface area contributed by atoms with Gasteiger partial charge in [-0.05, 0) is 31.9 Å². The Morgan fingerprint density at radius 1 is 1.55 bits per heavy atom. The van der Waals surface area contributed by atoms with E-state index in [9.17, 15) is 9.90 Å². The molecule has 0 aliphatic rings. The number of aliphatic hydroxyl groups is 1. The molecule has 0 saturated heterocycles. The molecule has 0 saturated carbocycles. The molecule has 114 valence electrons. The van der Waals surface area contributed by atoms with Gasteiger partial charge in [0.1, 0.15) is 0 Å². The van der Waals surface area contributed by atoms with Crippen LogP contribution in [0, 0.1) is 0 Å². The number of aliphatic hydroxyl groups excluding tert-OH is 1. The van der Waals surface area contributed by atoms with E-state index in [1.165, 1.54) is 12.8 Å². The molecule has 1 aromatic heterocycles. The third kappa shape index (κ3) is 6.08. The highest BCUT2D eigenvalue weighted by Crippen LogP contribution is 2.05. The summed E-state index contributed by atoms with van der Waals surface area (Å²) in [5.74, 6) is 0. The fourth-order valence-electron chi connectivity index (χ4n) is 1.93. The van der Waals surface area contributed by atoms with Crippen molar-refractivity contribution < 1.29 is 14.6 Å². The van der Waals surface area contributed by atoms with Gasteiger partial charge in [0.25, 0.3) is 0 Å². The van der Waals surface area contributed by atoms with Gasteiger partial charge >= 0.3 is 6.03 Å². The molecule has 2 unspecified atom stereocenters. The summed E-state index contributed by atoms with van der Waals surface area (Å²) < 4.78 is 6.86. The molecule has 0 bridgehead atoms. The first-order valence-corrected chi connectivity index (χ1v) is 6.84. The van der Waals surface area contributed by atoms with Crippen LogP contribution in [0.2, 0.25) is 0 Å². The zero-order valence-corrected chi connectivity index (χ0v) is 12.4. The molecule has 0 aliphatic heterocycles. The Balaban J connectivity index is 2.19. The van der Waals surface area contributed by atoms with Crippen LogP contribution in [-0.4, -0.2) is 48.1 Å². The molecule has 20 heavy (non-hydrogen) atoms. The highest BCUT2D eigenvalue weighted by atomic mass is 16.5. The first-order chi connectivity index (χ1) is 9.52. The molecular weight excluding hydrogens is 258 g/mol. The number of amides is 2. The van der Waals surface area contributed by atoms with Crippen LogP contribution in [0.1, 0.15) is 19.0 Å².